The zero-order valence-corrected chi connectivity index (χ0v) is 16.7. The summed E-state index contributed by atoms with van der Waals surface area (Å²) < 4.78 is 20.5. The molecule has 0 aliphatic heterocycles. The lowest BCUT2D eigenvalue weighted by molar-refractivity contribution is -0.116. The van der Waals surface area contributed by atoms with E-state index in [4.69, 9.17) is 4.74 Å². The summed E-state index contributed by atoms with van der Waals surface area (Å²) in [6.45, 7) is 4.91. The Kier molecular flexibility index (Phi) is 5.81. The second-order valence-electron chi connectivity index (χ2n) is 7.55. The van der Waals surface area contributed by atoms with Gasteiger partial charge in [0, 0.05) is 11.1 Å². The van der Waals surface area contributed by atoms with Crippen molar-refractivity contribution in [3.05, 3.63) is 64.7 Å². The van der Waals surface area contributed by atoms with E-state index < -0.39 is 23.4 Å². The number of carbonyl (C=O) groups is 2. The molecule has 0 saturated heterocycles. The van der Waals surface area contributed by atoms with Crippen LogP contribution in [-0.2, 0) is 16.1 Å². The van der Waals surface area contributed by atoms with Crippen molar-refractivity contribution in [2.75, 3.05) is 10.6 Å². The van der Waals surface area contributed by atoms with Gasteiger partial charge < -0.3 is 10.1 Å². The van der Waals surface area contributed by atoms with Crippen LogP contribution in [0.15, 0.2) is 53.5 Å². The highest BCUT2D eigenvalue weighted by molar-refractivity contribution is 5.93. The van der Waals surface area contributed by atoms with E-state index in [0.717, 1.165) is 12.3 Å². The first kappa shape index (κ1) is 21.0. The summed E-state index contributed by atoms with van der Waals surface area (Å²) in [4.78, 5) is 36.2. The van der Waals surface area contributed by atoms with Crippen LogP contribution in [0.5, 0.6) is 0 Å². The van der Waals surface area contributed by atoms with Crippen LogP contribution in [0.4, 0.5) is 20.6 Å². The number of anilines is 2. The quantitative estimate of drug-likeness (QED) is 0.683. The molecule has 30 heavy (non-hydrogen) atoms. The van der Waals surface area contributed by atoms with Gasteiger partial charge in [-0.1, -0.05) is 12.1 Å². The van der Waals surface area contributed by atoms with Crippen LogP contribution in [-0.4, -0.2) is 27.4 Å². The molecule has 1 heterocycles. The molecular formula is C21H21FN4O4. The van der Waals surface area contributed by atoms with Gasteiger partial charge in [0.1, 0.15) is 18.0 Å². The molecule has 0 atom stereocenters. The van der Waals surface area contributed by atoms with Crippen LogP contribution in [0, 0.1) is 5.82 Å². The molecule has 0 radical (unpaired) electrons. The fraction of sp³-hybridized carbons (Fsp3) is 0.238. The molecule has 3 rings (SSSR count). The van der Waals surface area contributed by atoms with Crippen LogP contribution in [0.1, 0.15) is 20.8 Å². The van der Waals surface area contributed by atoms with Gasteiger partial charge in [-0.15, -0.1) is 0 Å². The number of carbonyl (C=O) groups excluding carboxylic acids is 2. The number of halogens is 1. The molecule has 2 amide bonds. The zero-order chi connectivity index (χ0) is 21.9. The van der Waals surface area contributed by atoms with Gasteiger partial charge in [-0.25, -0.2) is 9.18 Å². The topological polar surface area (TPSA) is 102 Å². The number of hydrogen-bond acceptors (Lipinski definition) is 5. The minimum absolute atomic E-state index is 0.131. The molecule has 0 bridgehead atoms. The third-order valence-corrected chi connectivity index (χ3v) is 3.94. The van der Waals surface area contributed by atoms with E-state index in [9.17, 15) is 18.8 Å². The molecule has 0 spiro atoms. The molecule has 2 aromatic carbocycles. The number of fused-ring (bicyclic) bond motifs is 1. The summed E-state index contributed by atoms with van der Waals surface area (Å²) in [5.41, 5.74) is -0.309. The van der Waals surface area contributed by atoms with Crippen molar-refractivity contribution in [3.8, 4) is 0 Å². The lowest BCUT2D eigenvalue weighted by atomic mass is 10.2. The Morgan fingerprint density at radius 3 is 2.60 bits per heavy atom. The van der Waals surface area contributed by atoms with E-state index in [-0.39, 0.29) is 23.3 Å². The number of nitrogens with one attached hydrogen (secondary N) is 2. The Bertz CT molecular complexity index is 1170. The summed E-state index contributed by atoms with van der Waals surface area (Å²) in [6.07, 6.45) is 0.338. The number of nitrogens with zero attached hydrogens (tertiary/aromatic N) is 2. The van der Waals surface area contributed by atoms with Gasteiger partial charge in [0.15, 0.2) is 0 Å². The van der Waals surface area contributed by atoms with Gasteiger partial charge in [0.05, 0.1) is 17.4 Å². The molecule has 0 saturated carbocycles. The van der Waals surface area contributed by atoms with Gasteiger partial charge in [-0.05, 0) is 51.1 Å². The summed E-state index contributed by atoms with van der Waals surface area (Å²) in [5, 5.41) is 9.40. The van der Waals surface area contributed by atoms with Crippen molar-refractivity contribution in [2.24, 2.45) is 0 Å². The minimum Gasteiger partial charge on any atom is -0.444 e. The van der Waals surface area contributed by atoms with E-state index >= 15 is 0 Å². The smallest absolute Gasteiger partial charge is 0.412 e. The molecule has 1 aromatic heterocycles. The van der Waals surface area contributed by atoms with Crippen molar-refractivity contribution in [2.45, 2.75) is 32.9 Å². The fourth-order valence-electron chi connectivity index (χ4n) is 2.74. The molecule has 3 aromatic rings. The van der Waals surface area contributed by atoms with Crippen molar-refractivity contribution < 1.29 is 18.7 Å². The van der Waals surface area contributed by atoms with Gasteiger partial charge in [-0.2, -0.15) is 5.10 Å². The van der Waals surface area contributed by atoms with Gasteiger partial charge in [0.2, 0.25) is 11.3 Å². The van der Waals surface area contributed by atoms with Crippen molar-refractivity contribution >= 4 is 34.3 Å². The predicted molar refractivity (Wildman–Crippen MR) is 111 cm³/mol. The first-order valence-corrected chi connectivity index (χ1v) is 9.17. The normalized spacial score (nSPS) is 11.2. The van der Waals surface area contributed by atoms with Crippen molar-refractivity contribution in [1.29, 1.82) is 0 Å². The maximum Gasteiger partial charge on any atom is 0.412 e. The van der Waals surface area contributed by atoms with Crippen molar-refractivity contribution in [1.82, 2.24) is 9.78 Å². The molecule has 0 aliphatic rings. The van der Waals surface area contributed by atoms with E-state index in [1.807, 2.05) is 0 Å². The van der Waals surface area contributed by atoms with Crippen LogP contribution in [0.3, 0.4) is 0 Å². The third-order valence-electron chi connectivity index (χ3n) is 3.94. The predicted octanol–water partition coefficient (Wildman–Crippen LogP) is 3.52. The Morgan fingerprint density at radius 1 is 1.13 bits per heavy atom. The highest BCUT2D eigenvalue weighted by Crippen LogP contribution is 2.21. The van der Waals surface area contributed by atoms with Crippen molar-refractivity contribution in [3.63, 3.8) is 0 Å². The molecule has 9 heteroatoms. The van der Waals surface area contributed by atoms with Crippen LogP contribution >= 0.6 is 0 Å². The SMILES string of the molecule is CC(C)(C)OC(=O)Nc1cc(NC(=O)Cn2ncc(=O)c3ccccc32)ccc1F. The average Bonchev–Trinajstić information content (AvgIpc) is 2.65. The Labute approximate surface area is 171 Å². The molecule has 2 N–H and O–H groups in total. The number of hydrogen-bond donors (Lipinski definition) is 2. The highest BCUT2D eigenvalue weighted by atomic mass is 19.1. The first-order chi connectivity index (χ1) is 14.1. The average molecular weight is 412 g/mol. The second kappa shape index (κ2) is 8.32. The number of amides is 2. The number of ether oxygens (including phenoxy) is 1. The lowest BCUT2D eigenvalue weighted by Crippen LogP contribution is -2.27. The monoisotopic (exact) mass is 412 g/mol. The highest BCUT2D eigenvalue weighted by Gasteiger charge is 2.18. The maximum absolute atomic E-state index is 14.0. The lowest BCUT2D eigenvalue weighted by Gasteiger charge is -2.20. The van der Waals surface area contributed by atoms with Crippen LogP contribution in [0.2, 0.25) is 0 Å². The van der Waals surface area contributed by atoms with E-state index in [1.54, 1.807) is 45.0 Å². The molecule has 0 aliphatic carbocycles. The molecule has 0 fully saturated rings. The standard InChI is InChI=1S/C21H21FN4O4/c1-21(2,3)30-20(29)25-16-10-13(8-9-15(16)22)24-19(28)12-26-17-7-5-4-6-14(17)18(27)11-23-26/h4-11H,12H2,1-3H3,(H,24,28)(H,25,29). The summed E-state index contributed by atoms with van der Waals surface area (Å²) in [7, 11) is 0. The first-order valence-electron chi connectivity index (χ1n) is 9.17. The minimum atomic E-state index is -0.811. The van der Waals surface area contributed by atoms with E-state index in [2.05, 4.69) is 15.7 Å². The maximum atomic E-state index is 14.0. The van der Waals surface area contributed by atoms with Gasteiger partial charge in [-0.3, -0.25) is 19.6 Å². The number of rotatable bonds is 4. The second-order valence-corrected chi connectivity index (χ2v) is 7.55. The Morgan fingerprint density at radius 2 is 1.87 bits per heavy atom. The molecule has 156 valence electrons. The molecule has 8 nitrogen and oxygen atoms in total. The summed E-state index contributed by atoms with van der Waals surface area (Å²) in [5.74, 6) is -1.11. The zero-order valence-electron chi connectivity index (χ0n) is 16.7. The van der Waals surface area contributed by atoms with E-state index in [1.165, 1.54) is 16.8 Å². The summed E-state index contributed by atoms with van der Waals surface area (Å²) >= 11 is 0. The number of aromatic nitrogens is 2. The van der Waals surface area contributed by atoms with Gasteiger partial charge >= 0.3 is 6.09 Å². The summed E-state index contributed by atoms with van der Waals surface area (Å²) in [6, 6.07) is 10.6. The Hall–Kier alpha value is -3.75. The third kappa shape index (κ3) is 5.19. The fourth-order valence-corrected chi connectivity index (χ4v) is 2.74. The molecule has 0 unspecified atom stereocenters. The Balaban J connectivity index is 1.74. The van der Waals surface area contributed by atoms with Crippen LogP contribution in [0.25, 0.3) is 10.9 Å². The van der Waals surface area contributed by atoms with Gasteiger partial charge in [0.25, 0.3) is 0 Å². The largest absolute Gasteiger partial charge is 0.444 e. The van der Waals surface area contributed by atoms with E-state index in [0.29, 0.717) is 10.9 Å². The number of benzene rings is 2. The molecular weight excluding hydrogens is 391 g/mol. The number of para-hydroxylation sites is 1. The van der Waals surface area contributed by atoms with Crippen LogP contribution < -0.4 is 16.1 Å².